The molecule has 2 aromatic rings. The van der Waals surface area contributed by atoms with E-state index >= 15 is 0 Å². The molecule has 3 rings (SSSR count). The fourth-order valence-electron chi connectivity index (χ4n) is 3.18. The van der Waals surface area contributed by atoms with Crippen molar-refractivity contribution < 1.29 is 14.0 Å². The molecule has 1 heterocycles. The predicted molar refractivity (Wildman–Crippen MR) is 100 cm³/mol. The normalized spacial score (nSPS) is 13.2. The minimum atomic E-state index is -0.362. The molecule has 0 atom stereocenters. The summed E-state index contributed by atoms with van der Waals surface area (Å²) >= 11 is 0. The first kappa shape index (κ1) is 18.1. The number of benzene rings is 2. The third-order valence-corrected chi connectivity index (χ3v) is 4.61. The molecule has 0 saturated heterocycles. The molecule has 0 aromatic heterocycles. The van der Waals surface area contributed by atoms with Crippen molar-refractivity contribution in [1.29, 1.82) is 0 Å². The van der Waals surface area contributed by atoms with Crippen molar-refractivity contribution in [3.8, 4) is 0 Å². The van der Waals surface area contributed by atoms with E-state index in [0.29, 0.717) is 24.2 Å². The number of fused-ring (bicyclic) bond motifs is 1. The monoisotopic (exact) mass is 354 g/mol. The summed E-state index contributed by atoms with van der Waals surface area (Å²) in [4.78, 5) is 26.8. The molecular formula is C21H23FN2O2. The van der Waals surface area contributed by atoms with Crippen LogP contribution in [0.15, 0.2) is 42.5 Å². The molecule has 0 saturated carbocycles. The number of nitrogens with one attached hydrogen (secondary N) is 1. The minimum Gasteiger partial charge on any atom is -0.352 e. The Morgan fingerprint density at radius 1 is 1.12 bits per heavy atom. The summed E-state index contributed by atoms with van der Waals surface area (Å²) < 4.78 is 13.1. The zero-order chi connectivity index (χ0) is 18.5. The van der Waals surface area contributed by atoms with Crippen molar-refractivity contribution in [2.45, 2.75) is 32.6 Å². The molecule has 1 aliphatic heterocycles. The topological polar surface area (TPSA) is 49.4 Å². The van der Waals surface area contributed by atoms with Gasteiger partial charge in [0.05, 0.1) is 0 Å². The van der Waals surface area contributed by atoms with Gasteiger partial charge in [0, 0.05) is 29.9 Å². The van der Waals surface area contributed by atoms with Crippen LogP contribution >= 0.6 is 0 Å². The van der Waals surface area contributed by atoms with Crippen LogP contribution < -0.4 is 10.2 Å². The maximum Gasteiger partial charge on any atom is 0.258 e. The summed E-state index contributed by atoms with van der Waals surface area (Å²) in [5.41, 5.74) is 2.90. The lowest BCUT2D eigenvalue weighted by Crippen LogP contribution is -2.35. The van der Waals surface area contributed by atoms with Crippen LogP contribution in [0, 0.1) is 5.82 Å². The average Bonchev–Trinajstić information content (AvgIpc) is 2.67. The number of halogens is 1. The standard InChI is InChI=1S/C21H23FN2O2/c1-2-3-12-23-20(25)17-8-11-19-16(14-17)5-4-13-24(19)21(26)15-6-9-18(22)10-7-15/h6-11,14H,2-5,12-13H2,1H3,(H,23,25). The Kier molecular flexibility index (Phi) is 5.66. The second-order valence-corrected chi connectivity index (χ2v) is 6.52. The fourth-order valence-corrected chi connectivity index (χ4v) is 3.18. The van der Waals surface area contributed by atoms with E-state index in [1.807, 2.05) is 12.1 Å². The van der Waals surface area contributed by atoms with Crippen molar-refractivity contribution >= 4 is 17.5 Å². The van der Waals surface area contributed by atoms with E-state index < -0.39 is 0 Å². The van der Waals surface area contributed by atoms with Gasteiger partial charge in [0.1, 0.15) is 5.82 Å². The third-order valence-electron chi connectivity index (χ3n) is 4.61. The van der Waals surface area contributed by atoms with Crippen LogP contribution in [0.25, 0.3) is 0 Å². The van der Waals surface area contributed by atoms with E-state index in [4.69, 9.17) is 0 Å². The molecule has 2 aromatic carbocycles. The summed E-state index contributed by atoms with van der Waals surface area (Å²) in [5, 5.41) is 2.92. The Morgan fingerprint density at radius 2 is 1.85 bits per heavy atom. The second-order valence-electron chi connectivity index (χ2n) is 6.52. The number of anilines is 1. The van der Waals surface area contributed by atoms with Gasteiger partial charge in [0.2, 0.25) is 0 Å². The Labute approximate surface area is 153 Å². The molecule has 4 nitrogen and oxygen atoms in total. The summed E-state index contributed by atoms with van der Waals surface area (Å²) in [6.45, 7) is 3.37. The van der Waals surface area contributed by atoms with Gasteiger partial charge in [0.15, 0.2) is 0 Å². The Hall–Kier alpha value is -2.69. The molecule has 136 valence electrons. The molecule has 0 aliphatic carbocycles. The lowest BCUT2D eigenvalue weighted by atomic mass is 9.98. The zero-order valence-electron chi connectivity index (χ0n) is 14.9. The lowest BCUT2D eigenvalue weighted by molar-refractivity contribution is 0.0952. The second kappa shape index (κ2) is 8.13. The number of unbranched alkanes of at least 4 members (excludes halogenated alkanes) is 1. The van der Waals surface area contributed by atoms with Gasteiger partial charge in [0.25, 0.3) is 11.8 Å². The molecule has 0 radical (unpaired) electrons. The van der Waals surface area contributed by atoms with Gasteiger partial charge >= 0.3 is 0 Å². The number of hydrogen-bond donors (Lipinski definition) is 1. The quantitative estimate of drug-likeness (QED) is 0.827. The van der Waals surface area contributed by atoms with Gasteiger partial charge in [-0.1, -0.05) is 13.3 Å². The van der Waals surface area contributed by atoms with E-state index in [2.05, 4.69) is 12.2 Å². The van der Waals surface area contributed by atoms with E-state index in [1.165, 1.54) is 24.3 Å². The molecule has 26 heavy (non-hydrogen) atoms. The molecule has 0 spiro atoms. The number of carbonyl (C=O) groups is 2. The minimum absolute atomic E-state index is 0.0803. The van der Waals surface area contributed by atoms with Crippen LogP contribution in [0.4, 0.5) is 10.1 Å². The summed E-state index contributed by atoms with van der Waals surface area (Å²) in [5.74, 6) is -0.589. The number of aryl methyl sites for hydroxylation is 1. The van der Waals surface area contributed by atoms with E-state index in [-0.39, 0.29) is 17.6 Å². The highest BCUT2D eigenvalue weighted by atomic mass is 19.1. The van der Waals surface area contributed by atoms with E-state index in [9.17, 15) is 14.0 Å². The maximum atomic E-state index is 13.1. The first-order valence-corrected chi connectivity index (χ1v) is 9.08. The van der Waals surface area contributed by atoms with Gasteiger partial charge in [-0.15, -0.1) is 0 Å². The number of rotatable bonds is 5. The number of carbonyl (C=O) groups excluding carboxylic acids is 2. The van der Waals surface area contributed by atoms with E-state index in [1.54, 1.807) is 11.0 Å². The van der Waals surface area contributed by atoms with Gasteiger partial charge < -0.3 is 10.2 Å². The Morgan fingerprint density at radius 3 is 2.58 bits per heavy atom. The molecule has 1 N–H and O–H groups in total. The highest BCUT2D eigenvalue weighted by molar-refractivity contribution is 6.07. The molecule has 2 amide bonds. The maximum absolute atomic E-state index is 13.1. The number of amides is 2. The highest BCUT2D eigenvalue weighted by Gasteiger charge is 2.24. The first-order chi connectivity index (χ1) is 12.6. The molecule has 0 fully saturated rings. The van der Waals surface area contributed by atoms with Crippen molar-refractivity contribution in [3.63, 3.8) is 0 Å². The SMILES string of the molecule is CCCCNC(=O)c1ccc2c(c1)CCCN2C(=O)c1ccc(F)cc1. The van der Waals surface area contributed by atoms with Crippen LogP contribution in [0.5, 0.6) is 0 Å². The van der Waals surface area contributed by atoms with Crippen LogP contribution in [0.3, 0.4) is 0 Å². The lowest BCUT2D eigenvalue weighted by Gasteiger charge is -2.30. The van der Waals surface area contributed by atoms with Crippen molar-refractivity contribution in [2.75, 3.05) is 18.0 Å². The summed E-state index contributed by atoms with van der Waals surface area (Å²) in [6, 6.07) is 11.1. The molecular weight excluding hydrogens is 331 g/mol. The average molecular weight is 354 g/mol. The zero-order valence-corrected chi connectivity index (χ0v) is 14.9. The number of nitrogens with zero attached hydrogens (tertiary/aromatic N) is 1. The molecule has 0 bridgehead atoms. The van der Waals surface area contributed by atoms with Gasteiger partial charge in [-0.25, -0.2) is 4.39 Å². The largest absolute Gasteiger partial charge is 0.352 e. The number of hydrogen-bond acceptors (Lipinski definition) is 2. The summed E-state index contributed by atoms with van der Waals surface area (Å²) in [6.07, 6.45) is 3.65. The molecule has 0 unspecified atom stereocenters. The van der Waals surface area contributed by atoms with Crippen LogP contribution in [0.1, 0.15) is 52.5 Å². The summed E-state index contributed by atoms with van der Waals surface area (Å²) in [7, 11) is 0. The van der Waals surface area contributed by atoms with Crippen LogP contribution in [-0.2, 0) is 6.42 Å². The smallest absolute Gasteiger partial charge is 0.258 e. The van der Waals surface area contributed by atoms with E-state index in [0.717, 1.165) is 36.9 Å². The van der Waals surface area contributed by atoms with Gasteiger partial charge in [-0.05, 0) is 67.3 Å². The fraction of sp³-hybridized carbons (Fsp3) is 0.333. The Balaban J connectivity index is 1.80. The predicted octanol–water partition coefficient (Wildman–Crippen LogP) is 3.95. The molecule has 5 heteroatoms. The van der Waals surface area contributed by atoms with Crippen molar-refractivity contribution in [3.05, 3.63) is 65.0 Å². The molecule has 1 aliphatic rings. The van der Waals surface area contributed by atoms with Crippen LogP contribution in [-0.4, -0.2) is 24.9 Å². The Bertz CT molecular complexity index is 802. The highest BCUT2D eigenvalue weighted by Crippen LogP contribution is 2.29. The van der Waals surface area contributed by atoms with Crippen LogP contribution in [0.2, 0.25) is 0 Å². The van der Waals surface area contributed by atoms with Gasteiger partial charge in [-0.3, -0.25) is 9.59 Å². The van der Waals surface area contributed by atoms with Crippen molar-refractivity contribution in [1.82, 2.24) is 5.32 Å². The van der Waals surface area contributed by atoms with Crippen molar-refractivity contribution in [2.24, 2.45) is 0 Å². The van der Waals surface area contributed by atoms with Gasteiger partial charge in [-0.2, -0.15) is 0 Å². The third kappa shape index (κ3) is 3.93. The first-order valence-electron chi connectivity index (χ1n) is 9.08.